The van der Waals surface area contributed by atoms with Gasteiger partial charge in [-0.1, -0.05) is 6.92 Å². The number of nitrogens with one attached hydrogen (secondary N) is 1. The van der Waals surface area contributed by atoms with E-state index in [1.165, 1.54) is 6.20 Å². The third kappa shape index (κ3) is 3.06. The fraction of sp³-hybridized carbons (Fsp3) is 0.643. The Labute approximate surface area is 108 Å². The summed E-state index contributed by atoms with van der Waals surface area (Å²) in [5.41, 5.74) is 1.11. The van der Waals surface area contributed by atoms with Gasteiger partial charge in [0.25, 0.3) is 0 Å². The van der Waals surface area contributed by atoms with E-state index in [1.54, 1.807) is 12.3 Å². The van der Waals surface area contributed by atoms with Gasteiger partial charge in [0.15, 0.2) is 0 Å². The molecule has 1 fully saturated rings. The van der Waals surface area contributed by atoms with Crippen molar-refractivity contribution in [1.82, 2.24) is 15.2 Å². The second-order valence-electron chi connectivity index (χ2n) is 5.56. The first-order chi connectivity index (χ1) is 8.52. The van der Waals surface area contributed by atoms with Gasteiger partial charge in [0.1, 0.15) is 5.82 Å². The maximum atomic E-state index is 13.1. The summed E-state index contributed by atoms with van der Waals surface area (Å²) in [5.74, 6) is -0.256. The summed E-state index contributed by atoms with van der Waals surface area (Å²) in [6.45, 7) is 9.38. The molecule has 1 saturated heterocycles. The molecule has 0 radical (unpaired) electrons. The summed E-state index contributed by atoms with van der Waals surface area (Å²) < 4.78 is 13.1. The van der Waals surface area contributed by atoms with E-state index >= 15 is 0 Å². The SMILES string of the molecule is CCC1(C)CN(Cc2cncc(F)c2)C(C)CN1. The molecule has 0 spiro atoms. The molecule has 1 aliphatic rings. The van der Waals surface area contributed by atoms with Crippen LogP contribution in [0.4, 0.5) is 4.39 Å². The Morgan fingerprint density at radius 3 is 3.00 bits per heavy atom. The summed E-state index contributed by atoms with van der Waals surface area (Å²) >= 11 is 0. The molecule has 2 atom stereocenters. The number of hydrogen-bond acceptors (Lipinski definition) is 3. The second kappa shape index (κ2) is 5.33. The van der Waals surface area contributed by atoms with Gasteiger partial charge in [-0.3, -0.25) is 9.88 Å². The molecule has 3 nitrogen and oxygen atoms in total. The maximum absolute atomic E-state index is 13.1. The lowest BCUT2D eigenvalue weighted by Gasteiger charge is -2.45. The molecule has 1 aromatic rings. The van der Waals surface area contributed by atoms with Crippen molar-refractivity contribution in [1.29, 1.82) is 0 Å². The minimum absolute atomic E-state index is 0.160. The van der Waals surface area contributed by atoms with Crippen molar-refractivity contribution < 1.29 is 4.39 Å². The average Bonchev–Trinajstić information content (AvgIpc) is 2.34. The topological polar surface area (TPSA) is 28.2 Å². The molecule has 2 rings (SSSR count). The van der Waals surface area contributed by atoms with Gasteiger partial charge < -0.3 is 5.32 Å². The third-order valence-electron chi connectivity index (χ3n) is 3.93. The number of pyridine rings is 1. The lowest BCUT2D eigenvalue weighted by Crippen LogP contribution is -2.61. The van der Waals surface area contributed by atoms with Crippen molar-refractivity contribution in [2.75, 3.05) is 13.1 Å². The number of piperazine rings is 1. The Morgan fingerprint density at radius 1 is 1.56 bits per heavy atom. The quantitative estimate of drug-likeness (QED) is 0.892. The molecule has 1 N–H and O–H groups in total. The predicted molar refractivity (Wildman–Crippen MR) is 70.8 cm³/mol. The molecule has 18 heavy (non-hydrogen) atoms. The van der Waals surface area contributed by atoms with Gasteiger partial charge in [0, 0.05) is 37.4 Å². The van der Waals surface area contributed by atoms with Crippen LogP contribution in [0.5, 0.6) is 0 Å². The fourth-order valence-electron chi connectivity index (χ4n) is 2.41. The normalized spacial score (nSPS) is 29.4. The van der Waals surface area contributed by atoms with Gasteiger partial charge in [-0.15, -0.1) is 0 Å². The molecule has 1 aliphatic heterocycles. The van der Waals surface area contributed by atoms with Crippen molar-refractivity contribution in [2.45, 2.75) is 45.3 Å². The van der Waals surface area contributed by atoms with Crippen LogP contribution in [0.1, 0.15) is 32.8 Å². The standard InChI is InChI=1S/C14H22FN3/c1-4-14(3)10-18(11(2)6-17-14)9-12-5-13(15)8-16-7-12/h5,7-8,11,17H,4,6,9-10H2,1-3H3. The molecule has 0 bridgehead atoms. The smallest absolute Gasteiger partial charge is 0.141 e. The summed E-state index contributed by atoms with van der Waals surface area (Å²) in [7, 11) is 0. The molecular formula is C14H22FN3. The molecule has 100 valence electrons. The Bertz CT molecular complexity index is 410. The Hall–Kier alpha value is -1.00. The zero-order valence-corrected chi connectivity index (χ0v) is 11.4. The van der Waals surface area contributed by atoms with Crippen LogP contribution in [0.25, 0.3) is 0 Å². The van der Waals surface area contributed by atoms with Crippen LogP contribution in [0.2, 0.25) is 0 Å². The van der Waals surface area contributed by atoms with Crippen molar-refractivity contribution >= 4 is 0 Å². The maximum Gasteiger partial charge on any atom is 0.141 e. The van der Waals surface area contributed by atoms with Crippen molar-refractivity contribution in [3.8, 4) is 0 Å². The van der Waals surface area contributed by atoms with E-state index in [9.17, 15) is 4.39 Å². The van der Waals surface area contributed by atoms with E-state index in [1.807, 2.05) is 0 Å². The number of aromatic nitrogens is 1. The summed E-state index contributed by atoms with van der Waals surface area (Å²) in [5, 5.41) is 3.59. The summed E-state index contributed by atoms with van der Waals surface area (Å²) in [6.07, 6.45) is 4.10. The lowest BCUT2D eigenvalue weighted by molar-refractivity contribution is 0.0864. The Balaban J connectivity index is 2.07. The van der Waals surface area contributed by atoms with Gasteiger partial charge in [-0.25, -0.2) is 4.39 Å². The zero-order valence-electron chi connectivity index (χ0n) is 11.4. The fourth-order valence-corrected chi connectivity index (χ4v) is 2.41. The molecule has 0 aliphatic carbocycles. The molecule has 0 aromatic carbocycles. The minimum atomic E-state index is -0.256. The van der Waals surface area contributed by atoms with E-state index in [2.05, 4.69) is 36.0 Å². The van der Waals surface area contributed by atoms with E-state index < -0.39 is 0 Å². The van der Waals surface area contributed by atoms with Gasteiger partial charge in [-0.2, -0.15) is 0 Å². The first-order valence-corrected chi connectivity index (χ1v) is 6.61. The van der Waals surface area contributed by atoms with Crippen molar-refractivity contribution in [3.63, 3.8) is 0 Å². The highest BCUT2D eigenvalue weighted by molar-refractivity contribution is 5.11. The van der Waals surface area contributed by atoms with Crippen LogP contribution in [0.3, 0.4) is 0 Å². The van der Waals surface area contributed by atoms with Crippen molar-refractivity contribution in [3.05, 3.63) is 29.8 Å². The molecule has 1 aromatic heterocycles. The van der Waals surface area contributed by atoms with Crippen LogP contribution in [-0.2, 0) is 6.54 Å². The summed E-state index contributed by atoms with van der Waals surface area (Å²) in [4.78, 5) is 6.31. The minimum Gasteiger partial charge on any atom is -0.309 e. The summed E-state index contributed by atoms with van der Waals surface area (Å²) in [6, 6.07) is 2.04. The highest BCUT2D eigenvalue weighted by Crippen LogP contribution is 2.20. The van der Waals surface area contributed by atoms with E-state index in [4.69, 9.17) is 0 Å². The van der Waals surface area contributed by atoms with Crippen LogP contribution in [-0.4, -0.2) is 34.6 Å². The number of nitrogens with zero attached hydrogens (tertiary/aromatic N) is 2. The molecule has 4 heteroatoms. The van der Waals surface area contributed by atoms with Gasteiger partial charge in [0.2, 0.25) is 0 Å². The predicted octanol–water partition coefficient (Wildman–Crippen LogP) is 2.18. The van der Waals surface area contributed by atoms with Crippen LogP contribution in [0.15, 0.2) is 18.5 Å². The first-order valence-electron chi connectivity index (χ1n) is 6.61. The first kappa shape index (κ1) is 13.4. The molecule has 0 saturated carbocycles. The van der Waals surface area contributed by atoms with Crippen molar-refractivity contribution in [2.24, 2.45) is 0 Å². The Morgan fingerprint density at radius 2 is 2.33 bits per heavy atom. The van der Waals surface area contributed by atoms with Crippen LogP contribution < -0.4 is 5.32 Å². The van der Waals surface area contributed by atoms with E-state index in [0.717, 1.165) is 31.6 Å². The van der Waals surface area contributed by atoms with Crippen LogP contribution in [0, 0.1) is 5.82 Å². The van der Waals surface area contributed by atoms with Crippen LogP contribution >= 0.6 is 0 Å². The molecule has 0 amide bonds. The van der Waals surface area contributed by atoms with Gasteiger partial charge >= 0.3 is 0 Å². The third-order valence-corrected chi connectivity index (χ3v) is 3.93. The Kier molecular flexibility index (Phi) is 3.97. The largest absolute Gasteiger partial charge is 0.309 e. The average molecular weight is 251 g/mol. The van der Waals surface area contributed by atoms with E-state index in [-0.39, 0.29) is 11.4 Å². The zero-order chi connectivity index (χ0) is 13.2. The van der Waals surface area contributed by atoms with Gasteiger partial charge in [0.05, 0.1) is 6.20 Å². The van der Waals surface area contributed by atoms with Gasteiger partial charge in [-0.05, 0) is 31.9 Å². The molecular weight excluding hydrogens is 229 g/mol. The number of halogens is 1. The lowest BCUT2D eigenvalue weighted by atomic mass is 9.93. The van der Waals surface area contributed by atoms with E-state index in [0.29, 0.717) is 6.04 Å². The number of rotatable bonds is 3. The second-order valence-corrected chi connectivity index (χ2v) is 5.56. The monoisotopic (exact) mass is 251 g/mol. The number of hydrogen-bond donors (Lipinski definition) is 1. The highest BCUT2D eigenvalue weighted by Gasteiger charge is 2.32. The molecule has 2 unspecified atom stereocenters. The highest BCUT2D eigenvalue weighted by atomic mass is 19.1. The molecule has 2 heterocycles.